The minimum atomic E-state index is -1.05. The highest BCUT2D eigenvalue weighted by molar-refractivity contribution is 5.95. The average Bonchev–Trinajstić information content (AvgIpc) is 2.61. The van der Waals surface area contributed by atoms with Gasteiger partial charge in [0.2, 0.25) is 0 Å². The summed E-state index contributed by atoms with van der Waals surface area (Å²) in [5.74, 6) is -1.38. The van der Waals surface area contributed by atoms with Gasteiger partial charge in [0.25, 0.3) is 5.91 Å². The highest BCUT2D eigenvalue weighted by Gasteiger charge is 2.18. The zero-order valence-corrected chi connectivity index (χ0v) is 13.4. The Kier molecular flexibility index (Phi) is 6.07. The van der Waals surface area contributed by atoms with Crippen LogP contribution in [0.5, 0.6) is 5.75 Å². The number of nitriles is 1. The van der Waals surface area contributed by atoms with Crippen molar-refractivity contribution >= 4 is 17.6 Å². The topological polar surface area (TPSA) is 88.4 Å². The van der Waals surface area contributed by atoms with Gasteiger partial charge in [0, 0.05) is 5.69 Å². The summed E-state index contributed by atoms with van der Waals surface area (Å²) >= 11 is 0. The number of hydrogen-bond acceptors (Lipinski definition) is 5. The number of esters is 1. The fraction of sp³-hybridized carbons (Fsp3) is 0.167. The monoisotopic (exact) mass is 342 g/mol. The van der Waals surface area contributed by atoms with Crippen molar-refractivity contribution in [3.8, 4) is 11.8 Å². The van der Waals surface area contributed by atoms with E-state index in [2.05, 4.69) is 5.32 Å². The zero-order chi connectivity index (χ0) is 18.2. The Morgan fingerprint density at radius 2 is 1.96 bits per heavy atom. The molecule has 0 aliphatic rings. The number of rotatable bonds is 6. The molecule has 0 aliphatic heterocycles. The van der Waals surface area contributed by atoms with Crippen molar-refractivity contribution < 1.29 is 23.5 Å². The molecule has 1 N–H and O–H groups in total. The second kappa shape index (κ2) is 8.45. The molecule has 1 amide bonds. The highest BCUT2D eigenvalue weighted by Crippen LogP contribution is 2.12. The molecule has 0 fully saturated rings. The molecule has 0 radical (unpaired) electrons. The van der Waals surface area contributed by atoms with Crippen molar-refractivity contribution in [2.75, 3.05) is 11.9 Å². The summed E-state index contributed by atoms with van der Waals surface area (Å²) in [6.45, 7) is 1.01. The van der Waals surface area contributed by atoms with E-state index in [1.807, 2.05) is 6.07 Å². The zero-order valence-electron chi connectivity index (χ0n) is 13.4. The average molecular weight is 342 g/mol. The standard InChI is InChI=1S/C18H15FN2O4/c1-12(18(23)21-15-4-2-3-13(9-15)10-20)25-17(22)11-24-16-7-5-14(19)6-8-16/h2-9,12H,11H2,1H3,(H,21,23)/t12-/m1/s1. The van der Waals surface area contributed by atoms with Crippen molar-refractivity contribution in [1.29, 1.82) is 5.26 Å². The van der Waals surface area contributed by atoms with Gasteiger partial charge < -0.3 is 14.8 Å². The van der Waals surface area contributed by atoms with E-state index in [0.29, 0.717) is 17.0 Å². The van der Waals surface area contributed by atoms with Crippen LogP contribution >= 0.6 is 0 Å². The van der Waals surface area contributed by atoms with E-state index in [9.17, 15) is 14.0 Å². The molecular weight excluding hydrogens is 327 g/mol. The molecule has 0 saturated heterocycles. The Labute approximate surface area is 143 Å². The van der Waals surface area contributed by atoms with Gasteiger partial charge in [0.05, 0.1) is 11.6 Å². The first kappa shape index (κ1) is 17.9. The molecule has 0 spiro atoms. The molecule has 25 heavy (non-hydrogen) atoms. The molecule has 1 atom stereocenters. The summed E-state index contributed by atoms with van der Waals surface area (Å²) in [7, 11) is 0. The number of nitrogens with one attached hydrogen (secondary N) is 1. The molecule has 0 bridgehead atoms. The lowest BCUT2D eigenvalue weighted by Gasteiger charge is -2.14. The normalized spacial score (nSPS) is 11.1. The first-order valence-electron chi connectivity index (χ1n) is 7.37. The Morgan fingerprint density at radius 1 is 1.24 bits per heavy atom. The summed E-state index contributed by atoms with van der Waals surface area (Å²) in [5, 5.41) is 11.4. The maximum Gasteiger partial charge on any atom is 0.344 e. The number of hydrogen-bond donors (Lipinski definition) is 1. The quantitative estimate of drug-likeness (QED) is 0.815. The fourth-order valence-corrected chi connectivity index (χ4v) is 1.87. The molecule has 6 nitrogen and oxygen atoms in total. The molecular formula is C18H15FN2O4. The molecule has 0 unspecified atom stereocenters. The van der Waals surface area contributed by atoms with E-state index in [0.717, 1.165) is 0 Å². The summed E-state index contributed by atoms with van der Waals surface area (Å²) < 4.78 is 22.9. The fourth-order valence-electron chi connectivity index (χ4n) is 1.87. The Bertz CT molecular complexity index is 799. The van der Waals surface area contributed by atoms with E-state index in [4.69, 9.17) is 14.7 Å². The molecule has 7 heteroatoms. The van der Waals surface area contributed by atoms with Gasteiger partial charge in [0.1, 0.15) is 11.6 Å². The third-order valence-corrected chi connectivity index (χ3v) is 3.11. The van der Waals surface area contributed by atoms with E-state index in [-0.39, 0.29) is 0 Å². The van der Waals surface area contributed by atoms with Crippen LogP contribution in [0.1, 0.15) is 12.5 Å². The van der Waals surface area contributed by atoms with Gasteiger partial charge in [-0.3, -0.25) is 4.79 Å². The number of amides is 1. The van der Waals surface area contributed by atoms with Crippen molar-refractivity contribution in [3.05, 3.63) is 59.9 Å². The summed E-state index contributed by atoms with van der Waals surface area (Å²) in [6.07, 6.45) is -1.05. The van der Waals surface area contributed by atoms with Crippen LogP contribution in [0.2, 0.25) is 0 Å². The first-order valence-corrected chi connectivity index (χ1v) is 7.37. The van der Waals surface area contributed by atoms with Crippen LogP contribution in [-0.2, 0) is 14.3 Å². The van der Waals surface area contributed by atoms with Crippen molar-refractivity contribution in [2.24, 2.45) is 0 Å². The predicted octanol–water partition coefficient (Wildman–Crippen LogP) is 2.65. The minimum Gasteiger partial charge on any atom is -0.482 e. The Morgan fingerprint density at radius 3 is 2.64 bits per heavy atom. The second-order valence-corrected chi connectivity index (χ2v) is 5.06. The number of halogens is 1. The molecule has 0 heterocycles. The number of carbonyl (C=O) groups is 2. The van der Waals surface area contributed by atoms with Gasteiger partial charge in [-0.25, -0.2) is 9.18 Å². The van der Waals surface area contributed by atoms with Gasteiger partial charge in [-0.15, -0.1) is 0 Å². The molecule has 2 aromatic rings. The van der Waals surface area contributed by atoms with E-state index in [1.165, 1.54) is 37.3 Å². The van der Waals surface area contributed by atoms with Gasteiger partial charge in [-0.2, -0.15) is 5.26 Å². The number of nitrogens with zero attached hydrogens (tertiary/aromatic N) is 1. The third-order valence-electron chi connectivity index (χ3n) is 3.11. The minimum absolute atomic E-state index is 0.309. The van der Waals surface area contributed by atoms with Gasteiger partial charge in [-0.1, -0.05) is 6.07 Å². The molecule has 2 aromatic carbocycles. The van der Waals surface area contributed by atoms with E-state index in [1.54, 1.807) is 18.2 Å². The van der Waals surface area contributed by atoms with Crippen molar-refractivity contribution in [2.45, 2.75) is 13.0 Å². The summed E-state index contributed by atoms with van der Waals surface area (Å²) in [4.78, 5) is 23.7. The second-order valence-electron chi connectivity index (χ2n) is 5.06. The van der Waals surface area contributed by atoms with Crippen LogP contribution in [0.15, 0.2) is 48.5 Å². The molecule has 0 saturated carbocycles. The molecule has 128 valence electrons. The Balaban J connectivity index is 1.82. The van der Waals surface area contributed by atoms with E-state index < -0.39 is 30.4 Å². The number of benzene rings is 2. The van der Waals surface area contributed by atoms with Crippen LogP contribution < -0.4 is 10.1 Å². The number of carbonyl (C=O) groups excluding carboxylic acids is 2. The van der Waals surface area contributed by atoms with Crippen LogP contribution in [0.3, 0.4) is 0 Å². The largest absolute Gasteiger partial charge is 0.482 e. The number of anilines is 1. The summed E-state index contributed by atoms with van der Waals surface area (Å²) in [5.41, 5.74) is 0.824. The van der Waals surface area contributed by atoms with Crippen LogP contribution in [0, 0.1) is 17.1 Å². The maximum absolute atomic E-state index is 12.8. The molecule has 0 aliphatic carbocycles. The highest BCUT2D eigenvalue weighted by atomic mass is 19.1. The van der Waals surface area contributed by atoms with Crippen LogP contribution in [0.25, 0.3) is 0 Å². The lowest BCUT2D eigenvalue weighted by Crippen LogP contribution is -2.31. The van der Waals surface area contributed by atoms with Gasteiger partial charge in [0.15, 0.2) is 12.7 Å². The summed E-state index contributed by atoms with van der Waals surface area (Å²) in [6, 6.07) is 13.5. The van der Waals surface area contributed by atoms with Crippen LogP contribution in [0.4, 0.5) is 10.1 Å². The Hall–Kier alpha value is -3.40. The first-order chi connectivity index (χ1) is 12.0. The molecule has 2 rings (SSSR count). The number of ether oxygens (including phenoxy) is 2. The van der Waals surface area contributed by atoms with Crippen LogP contribution in [-0.4, -0.2) is 24.6 Å². The maximum atomic E-state index is 12.8. The van der Waals surface area contributed by atoms with Gasteiger partial charge in [-0.05, 0) is 49.4 Å². The van der Waals surface area contributed by atoms with Gasteiger partial charge >= 0.3 is 5.97 Å². The van der Waals surface area contributed by atoms with Crippen molar-refractivity contribution in [1.82, 2.24) is 0 Å². The molecule has 0 aromatic heterocycles. The smallest absolute Gasteiger partial charge is 0.344 e. The lowest BCUT2D eigenvalue weighted by atomic mass is 10.2. The predicted molar refractivity (Wildman–Crippen MR) is 87.2 cm³/mol. The third kappa shape index (κ3) is 5.62. The SMILES string of the molecule is C[C@@H](OC(=O)COc1ccc(F)cc1)C(=O)Nc1cccc(C#N)c1. The van der Waals surface area contributed by atoms with E-state index >= 15 is 0 Å². The van der Waals surface area contributed by atoms with Crippen molar-refractivity contribution in [3.63, 3.8) is 0 Å². The lowest BCUT2D eigenvalue weighted by molar-refractivity contribution is -0.155.